The van der Waals surface area contributed by atoms with Crippen molar-refractivity contribution in [1.82, 2.24) is 24.8 Å². The Balaban J connectivity index is 1.21. The van der Waals surface area contributed by atoms with Crippen LogP contribution in [0.25, 0.3) is 22.0 Å². The van der Waals surface area contributed by atoms with Gasteiger partial charge in [-0.15, -0.1) is 0 Å². The lowest BCUT2D eigenvalue weighted by Crippen LogP contribution is -2.43. The number of aromatic nitrogens is 3. The van der Waals surface area contributed by atoms with E-state index in [0.29, 0.717) is 51.1 Å². The Morgan fingerprint density at radius 2 is 1.73 bits per heavy atom. The van der Waals surface area contributed by atoms with Gasteiger partial charge in [0.05, 0.1) is 25.1 Å². The summed E-state index contributed by atoms with van der Waals surface area (Å²) in [5.41, 5.74) is 3.86. The zero-order valence-electron chi connectivity index (χ0n) is 22.5. The van der Waals surface area contributed by atoms with E-state index >= 15 is 0 Å². The van der Waals surface area contributed by atoms with Gasteiger partial charge in [-0.2, -0.15) is 4.98 Å². The number of hydrogen-bond donors (Lipinski definition) is 1. The number of halogens is 1. The van der Waals surface area contributed by atoms with Crippen LogP contribution in [0.3, 0.4) is 0 Å². The minimum absolute atomic E-state index is 0.379. The molecule has 0 saturated carbocycles. The summed E-state index contributed by atoms with van der Waals surface area (Å²) < 4.78 is 22.9. The standard InChI is InChI=1S/C29H29ClN6O4/c1-35-8-10-36(11-9-35)16-18-12-19(4-6-22(18)30)33-29-34-24-13-20(5-7-25(24)40-29)39-28-21-14-26(37-2)27(38-3)15-23(21)31-17-32-28/h4-7,12-15,17H,8-11,16H2,1-3H3,(H,33,34). The highest BCUT2D eigenvalue weighted by molar-refractivity contribution is 6.31. The van der Waals surface area contributed by atoms with Crippen molar-refractivity contribution < 1.29 is 18.6 Å². The smallest absolute Gasteiger partial charge is 0.300 e. The third-order valence-electron chi connectivity index (χ3n) is 6.96. The van der Waals surface area contributed by atoms with Crippen molar-refractivity contribution in [2.75, 3.05) is 52.8 Å². The van der Waals surface area contributed by atoms with E-state index in [0.717, 1.165) is 49.0 Å². The minimum Gasteiger partial charge on any atom is -0.493 e. The monoisotopic (exact) mass is 560 g/mol. The summed E-state index contributed by atoms with van der Waals surface area (Å²) in [5, 5.41) is 4.71. The normalized spacial score (nSPS) is 14.5. The average Bonchev–Trinajstić information content (AvgIpc) is 3.37. The summed E-state index contributed by atoms with van der Waals surface area (Å²) in [6, 6.07) is 15.3. The molecule has 11 heteroatoms. The highest BCUT2D eigenvalue weighted by atomic mass is 35.5. The van der Waals surface area contributed by atoms with Gasteiger partial charge in [-0.3, -0.25) is 4.90 Å². The third kappa shape index (κ3) is 5.46. The highest BCUT2D eigenvalue weighted by Gasteiger charge is 2.17. The van der Waals surface area contributed by atoms with Crippen LogP contribution in [-0.2, 0) is 6.54 Å². The molecule has 40 heavy (non-hydrogen) atoms. The number of oxazole rings is 1. The van der Waals surface area contributed by atoms with Crippen LogP contribution < -0.4 is 19.5 Å². The molecule has 10 nitrogen and oxygen atoms in total. The van der Waals surface area contributed by atoms with Gasteiger partial charge in [-0.25, -0.2) is 9.97 Å². The second-order valence-corrected chi connectivity index (χ2v) is 10.1. The Labute approximate surface area is 236 Å². The van der Waals surface area contributed by atoms with Crippen LogP contribution >= 0.6 is 11.6 Å². The number of nitrogens with zero attached hydrogens (tertiary/aromatic N) is 5. The number of nitrogens with one attached hydrogen (secondary N) is 1. The molecular weight excluding hydrogens is 532 g/mol. The molecule has 0 unspecified atom stereocenters. The molecule has 1 aliphatic rings. The first-order chi connectivity index (χ1) is 19.5. The van der Waals surface area contributed by atoms with Gasteiger partial charge in [-0.1, -0.05) is 11.6 Å². The maximum absolute atomic E-state index is 6.52. The van der Waals surface area contributed by atoms with E-state index in [1.54, 1.807) is 32.4 Å². The third-order valence-corrected chi connectivity index (χ3v) is 7.33. The molecule has 0 amide bonds. The summed E-state index contributed by atoms with van der Waals surface area (Å²) in [7, 11) is 5.31. The molecule has 0 aliphatic carbocycles. The number of benzene rings is 3. The molecule has 0 bridgehead atoms. The maximum Gasteiger partial charge on any atom is 0.300 e. The molecule has 5 aromatic rings. The molecule has 1 saturated heterocycles. The lowest BCUT2D eigenvalue weighted by molar-refractivity contribution is 0.148. The number of fused-ring (bicyclic) bond motifs is 2. The van der Waals surface area contributed by atoms with Gasteiger partial charge in [0.1, 0.15) is 17.6 Å². The fourth-order valence-electron chi connectivity index (χ4n) is 4.72. The predicted octanol–water partition coefficient (Wildman–Crippen LogP) is 5.72. The predicted molar refractivity (Wildman–Crippen MR) is 154 cm³/mol. The molecule has 1 N–H and O–H groups in total. The number of likely N-dealkylation sites (N-methyl/N-ethyl adjacent to an activating group) is 1. The van der Waals surface area contributed by atoms with Crippen molar-refractivity contribution in [1.29, 1.82) is 0 Å². The molecule has 1 fully saturated rings. The number of rotatable bonds is 8. The molecule has 0 atom stereocenters. The van der Waals surface area contributed by atoms with Gasteiger partial charge < -0.3 is 28.8 Å². The molecule has 0 spiro atoms. The molecule has 3 aromatic carbocycles. The molecule has 3 heterocycles. The molecular formula is C29H29ClN6O4. The topological polar surface area (TPSA) is 98.0 Å². The zero-order valence-corrected chi connectivity index (χ0v) is 23.2. The Hall–Kier alpha value is -4.12. The molecule has 6 rings (SSSR count). The van der Waals surface area contributed by atoms with Gasteiger partial charge in [-0.05, 0) is 49.0 Å². The molecule has 2 aromatic heterocycles. The lowest BCUT2D eigenvalue weighted by atomic mass is 10.1. The number of piperazine rings is 1. The zero-order chi connectivity index (χ0) is 27.6. The molecule has 1 aliphatic heterocycles. The summed E-state index contributed by atoms with van der Waals surface area (Å²) in [5.74, 6) is 2.09. The van der Waals surface area contributed by atoms with Crippen molar-refractivity contribution in [2.24, 2.45) is 0 Å². The van der Waals surface area contributed by atoms with Crippen molar-refractivity contribution in [3.8, 4) is 23.1 Å². The Morgan fingerprint density at radius 1 is 0.925 bits per heavy atom. The van der Waals surface area contributed by atoms with Crippen molar-refractivity contribution in [3.63, 3.8) is 0 Å². The second kappa shape index (κ2) is 11.2. The van der Waals surface area contributed by atoms with E-state index in [1.807, 2.05) is 30.3 Å². The van der Waals surface area contributed by atoms with Crippen molar-refractivity contribution >= 4 is 45.3 Å². The molecule has 0 radical (unpaired) electrons. The van der Waals surface area contributed by atoms with Crippen LogP contribution in [0, 0.1) is 0 Å². The number of anilines is 2. The van der Waals surface area contributed by atoms with Crippen LogP contribution in [0.4, 0.5) is 11.7 Å². The molecule has 206 valence electrons. The quantitative estimate of drug-likeness (QED) is 0.253. The van der Waals surface area contributed by atoms with Gasteiger partial charge in [0, 0.05) is 55.6 Å². The second-order valence-electron chi connectivity index (χ2n) is 9.66. The first-order valence-electron chi connectivity index (χ1n) is 12.9. The van der Waals surface area contributed by atoms with E-state index in [1.165, 1.54) is 6.33 Å². The highest BCUT2D eigenvalue weighted by Crippen LogP contribution is 2.36. The fraction of sp³-hybridized carbons (Fsp3) is 0.276. The largest absolute Gasteiger partial charge is 0.493 e. The first kappa shape index (κ1) is 26.1. The maximum atomic E-state index is 6.52. The van der Waals surface area contributed by atoms with E-state index in [9.17, 15) is 0 Å². The van der Waals surface area contributed by atoms with Gasteiger partial charge in [0.2, 0.25) is 5.88 Å². The van der Waals surface area contributed by atoms with Crippen molar-refractivity contribution in [3.05, 3.63) is 65.4 Å². The Kier molecular flexibility index (Phi) is 7.29. The summed E-state index contributed by atoms with van der Waals surface area (Å²) >= 11 is 6.52. The van der Waals surface area contributed by atoms with E-state index < -0.39 is 0 Å². The SMILES string of the molecule is COc1cc2ncnc(Oc3ccc4oc(Nc5ccc(Cl)c(CN6CCN(C)CC6)c5)nc4c3)c2cc1OC. The van der Waals surface area contributed by atoms with Crippen molar-refractivity contribution in [2.45, 2.75) is 6.54 Å². The average molecular weight is 561 g/mol. The van der Waals surface area contributed by atoms with Crippen LogP contribution in [0.15, 0.2) is 59.3 Å². The number of methoxy groups -OCH3 is 2. The number of hydrogen-bond acceptors (Lipinski definition) is 10. The fourth-order valence-corrected chi connectivity index (χ4v) is 4.90. The van der Waals surface area contributed by atoms with Crippen LogP contribution in [0.5, 0.6) is 23.1 Å². The summed E-state index contributed by atoms with van der Waals surface area (Å²) in [4.78, 5) is 18.0. The Morgan fingerprint density at radius 3 is 2.52 bits per heavy atom. The van der Waals surface area contributed by atoms with E-state index in [-0.39, 0.29) is 0 Å². The Bertz CT molecular complexity index is 1670. The van der Waals surface area contributed by atoms with Gasteiger partial charge in [0.25, 0.3) is 6.01 Å². The van der Waals surface area contributed by atoms with E-state index in [4.69, 9.17) is 30.2 Å². The van der Waals surface area contributed by atoms with Crippen LogP contribution in [0.1, 0.15) is 5.56 Å². The lowest BCUT2D eigenvalue weighted by Gasteiger charge is -2.32. The first-order valence-corrected chi connectivity index (χ1v) is 13.3. The number of ether oxygens (including phenoxy) is 3. The minimum atomic E-state index is 0.379. The summed E-state index contributed by atoms with van der Waals surface area (Å²) in [6.07, 6.45) is 1.45. The van der Waals surface area contributed by atoms with Gasteiger partial charge in [0.15, 0.2) is 17.1 Å². The van der Waals surface area contributed by atoms with E-state index in [2.05, 4.69) is 37.1 Å². The summed E-state index contributed by atoms with van der Waals surface area (Å²) in [6.45, 7) is 4.95. The van der Waals surface area contributed by atoms with Crippen LogP contribution in [0.2, 0.25) is 5.02 Å². The van der Waals surface area contributed by atoms with Gasteiger partial charge >= 0.3 is 0 Å². The van der Waals surface area contributed by atoms with Crippen LogP contribution in [-0.4, -0.2) is 72.2 Å².